The Balaban J connectivity index is 1.43. The van der Waals surface area contributed by atoms with Gasteiger partial charge in [-0.1, -0.05) is 17.7 Å². The Hall–Kier alpha value is -2.29. The molecule has 2 aromatic rings. The molecule has 0 saturated carbocycles. The second-order valence-electron chi connectivity index (χ2n) is 8.99. The first-order chi connectivity index (χ1) is 16.1. The van der Waals surface area contributed by atoms with E-state index in [4.69, 9.17) is 21.1 Å². The molecule has 1 unspecified atom stereocenters. The molecular formula is C25H27ClF3NO4. The van der Waals surface area contributed by atoms with Crippen molar-refractivity contribution in [2.45, 2.75) is 37.5 Å². The number of Topliss-reactive ketones (excluding diaryl/α,β-unsaturated/α-hetero) is 1. The van der Waals surface area contributed by atoms with E-state index in [9.17, 15) is 23.1 Å². The number of nitrogens with zero attached hydrogens (tertiary/aromatic N) is 1. The third kappa shape index (κ3) is 4.76. The van der Waals surface area contributed by atoms with Crippen LogP contribution in [0.3, 0.4) is 0 Å². The standard InChI is InChI=1S/C25H27ClF3NO4/c1-33-21-11-15-3-4-16(23(31)18(15)13-22(21)34-2)14-30-9-7-24(32,8-10-30)17-5-6-20(26)19(12-17)25(27,28)29/h5-6,11-13,16,32H,3-4,7-10,14H2,1-2H3. The van der Waals surface area contributed by atoms with Crippen LogP contribution in [-0.2, 0) is 18.2 Å². The summed E-state index contributed by atoms with van der Waals surface area (Å²) in [6.07, 6.45) is -2.60. The molecule has 1 N–H and O–H groups in total. The molecule has 0 radical (unpaired) electrons. The number of hydrogen-bond acceptors (Lipinski definition) is 5. The highest BCUT2D eigenvalue weighted by Crippen LogP contribution is 2.41. The Bertz CT molecular complexity index is 1080. The first-order valence-corrected chi connectivity index (χ1v) is 11.5. The van der Waals surface area contributed by atoms with Crippen molar-refractivity contribution in [2.75, 3.05) is 33.9 Å². The number of piperidine rings is 1. The fourth-order valence-electron chi connectivity index (χ4n) is 4.95. The van der Waals surface area contributed by atoms with Crippen LogP contribution in [0.25, 0.3) is 0 Å². The van der Waals surface area contributed by atoms with Crippen molar-refractivity contribution >= 4 is 17.4 Å². The molecule has 4 rings (SSSR count). The van der Waals surface area contributed by atoms with Crippen LogP contribution in [0.15, 0.2) is 30.3 Å². The van der Waals surface area contributed by atoms with Crippen LogP contribution in [0, 0.1) is 5.92 Å². The van der Waals surface area contributed by atoms with Gasteiger partial charge in [-0.05, 0) is 61.1 Å². The van der Waals surface area contributed by atoms with E-state index in [1.54, 1.807) is 13.2 Å². The molecule has 1 aliphatic carbocycles. The predicted octanol–water partition coefficient (Wildman–Crippen LogP) is 5.10. The van der Waals surface area contributed by atoms with E-state index in [2.05, 4.69) is 4.90 Å². The highest BCUT2D eigenvalue weighted by Gasteiger charge is 2.39. The van der Waals surface area contributed by atoms with Crippen molar-refractivity contribution in [1.29, 1.82) is 0 Å². The van der Waals surface area contributed by atoms with Gasteiger partial charge in [-0.15, -0.1) is 0 Å². The van der Waals surface area contributed by atoms with Crippen molar-refractivity contribution in [3.05, 3.63) is 57.6 Å². The Morgan fingerprint density at radius 2 is 1.76 bits per heavy atom. The number of hydrogen-bond donors (Lipinski definition) is 1. The minimum Gasteiger partial charge on any atom is -0.493 e. The van der Waals surface area contributed by atoms with Gasteiger partial charge in [0, 0.05) is 31.1 Å². The van der Waals surface area contributed by atoms with E-state index in [0.717, 1.165) is 18.1 Å². The summed E-state index contributed by atoms with van der Waals surface area (Å²) in [7, 11) is 3.09. The maximum absolute atomic E-state index is 13.3. The Labute approximate surface area is 201 Å². The summed E-state index contributed by atoms with van der Waals surface area (Å²) in [6, 6.07) is 7.17. The number of carbonyl (C=O) groups is 1. The maximum Gasteiger partial charge on any atom is 0.417 e. The molecule has 1 atom stereocenters. The van der Waals surface area contributed by atoms with Gasteiger partial charge in [-0.3, -0.25) is 4.79 Å². The Kier molecular flexibility index (Phi) is 6.86. The molecular weight excluding hydrogens is 471 g/mol. The molecule has 0 spiro atoms. The summed E-state index contributed by atoms with van der Waals surface area (Å²) in [4.78, 5) is 15.3. The van der Waals surface area contributed by atoms with Gasteiger partial charge in [0.05, 0.1) is 30.4 Å². The molecule has 2 aromatic carbocycles. The molecule has 0 aromatic heterocycles. The molecule has 1 heterocycles. The average molecular weight is 498 g/mol. The number of aryl methyl sites for hydroxylation is 1. The number of alkyl halides is 3. The molecule has 1 saturated heterocycles. The third-order valence-corrected chi connectivity index (χ3v) is 7.31. The molecule has 184 valence electrons. The lowest BCUT2D eigenvalue weighted by Crippen LogP contribution is -2.45. The lowest BCUT2D eigenvalue weighted by Gasteiger charge is -2.40. The molecule has 2 aliphatic rings. The SMILES string of the molecule is COc1cc2c(cc1OC)C(=O)C(CN1CCC(O)(c3ccc(Cl)c(C(F)(F)F)c3)CC1)CC2. The van der Waals surface area contributed by atoms with Gasteiger partial charge in [0.1, 0.15) is 0 Å². The number of likely N-dealkylation sites (tertiary alicyclic amines) is 1. The van der Waals surface area contributed by atoms with E-state index in [1.165, 1.54) is 19.2 Å². The minimum absolute atomic E-state index is 0.0514. The molecule has 0 bridgehead atoms. The zero-order valence-corrected chi connectivity index (χ0v) is 19.8. The van der Waals surface area contributed by atoms with E-state index >= 15 is 0 Å². The van der Waals surface area contributed by atoms with Crippen LogP contribution >= 0.6 is 11.6 Å². The first-order valence-electron chi connectivity index (χ1n) is 11.2. The summed E-state index contributed by atoms with van der Waals surface area (Å²) in [6.45, 7) is 1.49. The van der Waals surface area contributed by atoms with Crippen LogP contribution in [-0.4, -0.2) is 49.6 Å². The highest BCUT2D eigenvalue weighted by atomic mass is 35.5. The molecule has 9 heteroatoms. The molecule has 1 fully saturated rings. The van der Waals surface area contributed by atoms with Gasteiger partial charge < -0.3 is 19.5 Å². The predicted molar refractivity (Wildman–Crippen MR) is 122 cm³/mol. The topological polar surface area (TPSA) is 59.0 Å². The largest absolute Gasteiger partial charge is 0.493 e. The second-order valence-corrected chi connectivity index (χ2v) is 9.40. The molecule has 0 amide bonds. The molecule has 34 heavy (non-hydrogen) atoms. The molecule has 5 nitrogen and oxygen atoms in total. The number of methoxy groups -OCH3 is 2. The van der Waals surface area contributed by atoms with Gasteiger partial charge in [-0.25, -0.2) is 0 Å². The number of benzene rings is 2. The van der Waals surface area contributed by atoms with E-state index in [1.807, 2.05) is 6.07 Å². The van der Waals surface area contributed by atoms with Crippen molar-refractivity contribution < 1.29 is 32.5 Å². The van der Waals surface area contributed by atoms with E-state index < -0.39 is 17.3 Å². The number of ether oxygens (including phenoxy) is 2. The van der Waals surface area contributed by atoms with Crippen LogP contribution < -0.4 is 9.47 Å². The van der Waals surface area contributed by atoms with Crippen molar-refractivity contribution in [3.8, 4) is 11.5 Å². The van der Waals surface area contributed by atoms with Gasteiger partial charge in [0.25, 0.3) is 0 Å². The molecule has 1 aliphatic heterocycles. The van der Waals surface area contributed by atoms with Crippen molar-refractivity contribution in [3.63, 3.8) is 0 Å². The number of carbonyl (C=O) groups excluding carboxylic acids is 1. The summed E-state index contributed by atoms with van der Waals surface area (Å²) >= 11 is 5.73. The number of fused-ring (bicyclic) bond motifs is 1. The van der Waals surface area contributed by atoms with Crippen LogP contribution in [0.5, 0.6) is 11.5 Å². The van der Waals surface area contributed by atoms with Gasteiger partial charge in [0.15, 0.2) is 17.3 Å². The highest BCUT2D eigenvalue weighted by molar-refractivity contribution is 6.31. The van der Waals surface area contributed by atoms with Crippen LogP contribution in [0.1, 0.15) is 46.3 Å². The number of rotatable bonds is 5. The number of ketones is 1. The summed E-state index contributed by atoms with van der Waals surface area (Å²) in [5.41, 5.74) is -0.513. The zero-order chi connectivity index (χ0) is 24.7. The fourth-order valence-corrected chi connectivity index (χ4v) is 5.17. The van der Waals surface area contributed by atoms with Crippen LogP contribution in [0.4, 0.5) is 13.2 Å². The van der Waals surface area contributed by atoms with Crippen LogP contribution in [0.2, 0.25) is 5.02 Å². The maximum atomic E-state index is 13.3. The third-order valence-electron chi connectivity index (χ3n) is 6.98. The lowest BCUT2D eigenvalue weighted by atomic mass is 9.80. The van der Waals surface area contributed by atoms with E-state index in [-0.39, 0.29) is 35.1 Å². The normalized spacial score (nSPS) is 20.7. The Morgan fingerprint density at radius 1 is 1.12 bits per heavy atom. The number of halogens is 4. The Morgan fingerprint density at radius 3 is 2.38 bits per heavy atom. The smallest absolute Gasteiger partial charge is 0.417 e. The average Bonchev–Trinajstić information content (AvgIpc) is 2.81. The summed E-state index contributed by atoms with van der Waals surface area (Å²) in [5.74, 6) is 0.970. The first kappa shape index (κ1) is 24.8. The van der Waals surface area contributed by atoms with Crippen molar-refractivity contribution in [2.24, 2.45) is 5.92 Å². The summed E-state index contributed by atoms with van der Waals surface area (Å²) < 4.78 is 50.4. The van der Waals surface area contributed by atoms with E-state index in [0.29, 0.717) is 43.1 Å². The van der Waals surface area contributed by atoms with Gasteiger partial charge in [-0.2, -0.15) is 13.2 Å². The van der Waals surface area contributed by atoms with Gasteiger partial charge in [0.2, 0.25) is 0 Å². The second kappa shape index (κ2) is 9.40. The lowest BCUT2D eigenvalue weighted by molar-refractivity contribution is -0.137. The monoisotopic (exact) mass is 497 g/mol. The zero-order valence-electron chi connectivity index (χ0n) is 19.0. The summed E-state index contributed by atoms with van der Waals surface area (Å²) in [5, 5.41) is 10.7. The van der Waals surface area contributed by atoms with Crippen molar-refractivity contribution in [1.82, 2.24) is 4.90 Å². The van der Waals surface area contributed by atoms with Gasteiger partial charge >= 0.3 is 6.18 Å². The fraction of sp³-hybridized carbons (Fsp3) is 0.480. The minimum atomic E-state index is -4.59. The number of aliphatic hydroxyl groups is 1. The quantitative estimate of drug-likeness (QED) is 0.622.